The van der Waals surface area contributed by atoms with Crippen molar-refractivity contribution in [3.05, 3.63) is 40.9 Å². The van der Waals surface area contributed by atoms with Gasteiger partial charge in [-0.1, -0.05) is 12.1 Å². The summed E-state index contributed by atoms with van der Waals surface area (Å²) in [5, 5.41) is 7.65. The molecular weight excluding hydrogens is 358 g/mol. The Hall–Kier alpha value is -2.00. The summed E-state index contributed by atoms with van der Waals surface area (Å²) in [6, 6.07) is 4.51. The molecule has 3 rings (SSSR count). The third-order valence-electron chi connectivity index (χ3n) is 3.87. The van der Waals surface area contributed by atoms with Crippen molar-refractivity contribution < 1.29 is 22.4 Å². The zero-order chi connectivity index (χ0) is 18.0. The first-order valence-electron chi connectivity index (χ1n) is 7.62. The average Bonchev–Trinajstić information content (AvgIpc) is 3.21. The number of nitrogens with zero attached hydrogens (tertiary/aromatic N) is 1. The largest absolute Gasteiger partial charge is 0.416 e. The number of amides is 1. The van der Waals surface area contributed by atoms with Crippen LogP contribution >= 0.6 is 11.3 Å². The molecule has 25 heavy (non-hydrogen) atoms. The molecule has 1 amide bonds. The topological polar surface area (TPSA) is 54.0 Å². The van der Waals surface area contributed by atoms with Crippen LogP contribution in [0.15, 0.2) is 29.6 Å². The van der Waals surface area contributed by atoms with Crippen molar-refractivity contribution in [3.63, 3.8) is 0 Å². The summed E-state index contributed by atoms with van der Waals surface area (Å²) < 4.78 is 50.8. The number of hydrogen-bond donors (Lipinski definition) is 2. The van der Waals surface area contributed by atoms with Gasteiger partial charge in [-0.15, -0.1) is 11.3 Å². The lowest BCUT2D eigenvalue weighted by molar-refractivity contribution is -0.137. The predicted molar refractivity (Wildman–Crippen MR) is 86.2 cm³/mol. The number of carbonyl (C=O) groups is 1. The fourth-order valence-electron chi connectivity index (χ4n) is 2.54. The van der Waals surface area contributed by atoms with Crippen molar-refractivity contribution in [3.8, 4) is 10.6 Å². The van der Waals surface area contributed by atoms with Gasteiger partial charge >= 0.3 is 6.18 Å². The Kier molecular flexibility index (Phi) is 5.05. The fourth-order valence-corrected chi connectivity index (χ4v) is 3.35. The second-order valence-electron chi connectivity index (χ2n) is 5.76. The molecule has 2 N–H and O–H groups in total. The standard InChI is InChI=1S/C16H15F4N3OS/c17-11-5-12(21-6-11)7-22-14(24)13-8-25-15(23-13)9-1-3-10(4-2-9)16(18,19)20/h1-4,8,11-12,21H,5-7H2,(H,22,24)/t11-,12-/m0/s1. The van der Waals surface area contributed by atoms with Crippen LogP contribution in [0.25, 0.3) is 10.6 Å². The summed E-state index contributed by atoms with van der Waals surface area (Å²) >= 11 is 1.17. The number of nitrogens with one attached hydrogen (secondary N) is 2. The lowest BCUT2D eigenvalue weighted by Crippen LogP contribution is -2.37. The van der Waals surface area contributed by atoms with Gasteiger partial charge in [-0.2, -0.15) is 13.2 Å². The maximum atomic E-state index is 13.1. The van der Waals surface area contributed by atoms with Gasteiger partial charge in [0.05, 0.1) is 5.56 Å². The molecule has 0 spiro atoms. The molecule has 134 valence electrons. The van der Waals surface area contributed by atoms with Crippen molar-refractivity contribution in [2.45, 2.75) is 24.8 Å². The van der Waals surface area contributed by atoms with Gasteiger partial charge in [0.25, 0.3) is 5.91 Å². The molecule has 2 heterocycles. The van der Waals surface area contributed by atoms with E-state index in [4.69, 9.17) is 0 Å². The van der Waals surface area contributed by atoms with E-state index in [0.717, 1.165) is 12.1 Å². The van der Waals surface area contributed by atoms with E-state index in [-0.39, 0.29) is 18.3 Å². The van der Waals surface area contributed by atoms with E-state index >= 15 is 0 Å². The van der Waals surface area contributed by atoms with E-state index in [1.165, 1.54) is 23.5 Å². The molecule has 1 fully saturated rings. The Morgan fingerprint density at radius 3 is 2.64 bits per heavy atom. The van der Waals surface area contributed by atoms with E-state index in [1.54, 1.807) is 5.38 Å². The molecule has 9 heteroatoms. The maximum Gasteiger partial charge on any atom is 0.416 e. The van der Waals surface area contributed by atoms with Crippen molar-refractivity contribution in [1.82, 2.24) is 15.6 Å². The fraction of sp³-hybridized carbons (Fsp3) is 0.375. The Morgan fingerprint density at radius 2 is 2.04 bits per heavy atom. The molecule has 0 bridgehead atoms. The van der Waals surface area contributed by atoms with Gasteiger partial charge in [0.15, 0.2) is 0 Å². The van der Waals surface area contributed by atoms with E-state index < -0.39 is 23.8 Å². The first-order valence-corrected chi connectivity index (χ1v) is 8.49. The zero-order valence-electron chi connectivity index (χ0n) is 12.9. The number of rotatable bonds is 4. The first-order chi connectivity index (χ1) is 11.8. The normalized spacial score (nSPS) is 20.6. The SMILES string of the molecule is O=C(NC[C@@H]1C[C@H](F)CN1)c1csc(-c2ccc(C(F)(F)F)cc2)n1. The van der Waals surface area contributed by atoms with Gasteiger partial charge in [0.2, 0.25) is 0 Å². The van der Waals surface area contributed by atoms with Gasteiger partial charge < -0.3 is 10.6 Å². The van der Waals surface area contributed by atoms with Gasteiger partial charge in [-0.3, -0.25) is 4.79 Å². The summed E-state index contributed by atoms with van der Waals surface area (Å²) in [7, 11) is 0. The smallest absolute Gasteiger partial charge is 0.349 e. The van der Waals surface area contributed by atoms with E-state index in [2.05, 4.69) is 15.6 Å². The minimum absolute atomic E-state index is 0.105. The number of benzene rings is 1. The molecule has 1 aromatic carbocycles. The first kappa shape index (κ1) is 17.8. The highest BCUT2D eigenvalue weighted by molar-refractivity contribution is 7.13. The maximum absolute atomic E-state index is 13.1. The summed E-state index contributed by atoms with van der Waals surface area (Å²) in [6.07, 6.45) is -4.93. The van der Waals surface area contributed by atoms with Crippen molar-refractivity contribution >= 4 is 17.2 Å². The molecule has 0 saturated carbocycles. The number of thiazole rings is 1. The third kappa shape index (κ3) is 4.35. The van der Waals surface area contributed by atoms with Crippen LogP contribution < -0.4 is 10.6 Å². The van der Waals surface area contributed by atoms with Crippen molar-refractivity contribution in [2.75, 3.05) is 13.1 Å². The van der Waals surface area contributed by atoms with Crippen LogP contribution in [0.4, 0.5) is 17.6 Å². The van der Waals surface area contributed by atoms with Gasteiger partial charge in [0, 0.05) is 30.1 Å². The van der Waals surface area contributed by atoms with Crippen LogP contribution in [0.3, 0.4) is 0 Å². The molecular formula is C16H15F4N3OS. The van der Waals surface area contributed by atoms with Crippen molar-refractivity contribution in [2.24, 2.45) is 0 Å². The van der Waals surface area contributed by atoms with Gasteiger partial charge in [-0.25, -0.2) is 9.37 Å². The molecule has 4 nitrogen and oxygen atoms in total. The van der Waals surface area contributed by atoms with Crippen LogP contribution in [0.5, 0.6) is 0 Å². The van der Waals surface area contributed by atoms with Gasteiger partial charge in [-0.05, 0) is 18.6 Å². The van der Waals surface area contributed by atoms with E-state index in [0.29, 0.717) is 23.5 Å². The monoisotopic (exact) mass is 373 g/mol. The summed E-state index contributed by atoms with van der Waals surface area (Å²) in [6.45, 7) is 0.585. The zero-order valence-corrected chi connectivity index (χ0v) is 13.8. The van der Waals surface area contributed by atoms with E-state index in [9.17, 15) is 22.4 Å². The lowest BCUT2D eigenvalue weighted by atomic mass is 10.1. The summed E-state index contributed by atoms with van der Waals surface area (Å²) in [5.74, 6) is -0.390. The number of alkyl halides is 4. The summed E-state index contributed by atoms with van der Waals surface area (Å²) in [5.41, 5.74) is -0.0366. The number of carbonyl (C=O) groups excluding carboxylic acids is 1. The molecule has 0 radical (unpaired) electrons. The molecule has 1 aliphatic rings. The van der Waals surface area contributed by atoms with Crippen molar-refractivity contribution in [1.29, 1.82) is 0 Å². The third-order valence-corrected chi connectivity index (χ3v) is 4.76. The highest BCUT2D eigenvalue weighted by Gasteiger charge is 2.30. The molecule has 1 saturated heterocycles. The second kappa shape index (κ2) is 7.09. The highest BCUT2D eigenvalue weighted by atomic mass is 32.1. The number of halogens is 4. The highest BCUT2D eigenvalue weighted by Crippen LogP contribution is 2.31. The molecule has 1 aromatic heterocycles. The van der Waals surface area contributed by atoms with Crippen LogP contribution in [-0.2, 0) is 6.18 Å². The lowest BCUT2D eigenvalue weighted by Gasteiger charge is -2.10. The molecule has 0 aliphatic carbocycles. The molecule has 0 unspecified atom stereocenters. The Morgan fingerprint density at radius 1 is 1.32 bits per heavy atom. The van der Waals surface area contributed by atoms with Crippen LogP contribution in [-0.4, -0.2) is 36.2 Å². The quantitative estimate of drug-likeness (QED) is 0.809. The van der Waals surface area contributed by atoms with Crippen LogP contribution in [0.2, 0.25) is 0 Å². The Bertz CT molecular complexity index is 745. The predicted octanol–water partition coefficient (Wildman–Crippen LogP) is 3.26. The molecule has 2 aromatic rings. The number of aromatic nitrogens is 1. The molecule has 2 atom stereocenters. The minimum atomic E-state index is -4.39. The summed E-state index contributed by atoms with van der Waals surface area (Å²) in [4.78, 5) is 16.2. The van der Waals surface area contributed by atoms with E-state index in [1.807, 2.05) is 0 Å². The number of hydrogen-bond acceptors (Lipinski definition) is 4. The average molecular weight is 373 g/mol. The molecule has 1 aliphatic heterocycles. The minimum Gasteiger partial charge on any atom is -0.349 e. The Labute approximate surface area is 145 Å². The van der Waals surface area contributed by atoms with Crippen LogP contribution in [0, 0.1) is 0 Å². The van der Waals surface area contributed by atoms with Crippen LogP contribution in [0.1, 0.15) is 22.5 Å². The van der Waals surface area contributed by atoms with Gasteiger partial charge in [0.1, 0.15) is 16.9 Å². The second-order valence-corrected chi connectivity index (χ2v) is 6.62. The Balaban J connectivity index is 1.62.